The number of thiazole rings is 1. The van der Waals surface area contributed by atoms with Crippen LogP contribution in [0.4, 0.5) is 5.69 Å². The van der Waals surface area contributed by atoms with Crippen molar-refractivity contribution < 1.29 is 18.7 Å². The molecular weight excluding hydrogens is 516 g/mol. The summed E-state index contributed by atoms with van der Waals surface area (Å²) in [7, 11) is 0. The first kappa shape index (κ1) is 24.7. The number of likely N-dealkylation sites (tertiary alicyclic amines) is 1. The average Bonchev–Trinajstić information content (AvgIpc) is 3.73. The molecule has 1 amide bonds. The number of furan rings is 1. The first-order valence-electron chi connectivity index (χ1n) is 12.6. The van der Waals surface area contributed by atoms with Gasteiger partial charge in [-0.2, -0.15) is 0 Å². The average molecular weight is 541 g/mol. The molecule has 6 rings (SSSR count). The van der Waals surface area contributed by atoms with E-state index >= 15 is 0 Å². The van der Waals surface area contributed by atoms with Crippen LogP contribution in [0.15, 0.2) is 81.1 Å². The van der Waals surface area contributed by atoms with Crippen LogP contribution >= 0.6 is 11.3 Å². The maximum absolute atomic E-state index is 13.1. The predicted molar refractivity (Wildman–Crippen MR) is 146 cm³/mol. The molecule has 3 aromatic heterocycles. The second kappa shape index (κ2) is 10.3. The summed E-state index contributed by atoms with van der Waals surface area (Å²) in [6.07, 6.45) is 1.56. The van der Waals surface area contributed by atoms with Crippen LogP contribution in [0.25, 0.3) is 33.8 Å². The number of nitro benzene ring substituents is 1. The highest BCUT2D eigenvalue weighted by Crippen LogP contribution is 2.38. The topological polar surface area (TPSA) is 116 Å². The Balaban J connectivity index is 1.14. The van der Waals surface area contributed by atoms with Gasteiger partial charge in [0.25, 0.3) is 11.6 Å². The van der Waals surface area contributed by atoms with Crippen LogP contribution in [-0.4, -0.2) is 39.0 Å². The van der Waals surface area contributed by atoms with Gasteiger partial charge < -0.3 is 13.8 Å². The highest BCUT2D eigenvalue weighted by Gasteiger charge is 2.29. The molecule has 39 heavy (non-hydrogen) atoms. The number of para-hydroxylation sites is 1. The van der Waals surface area contributed by atoms with Gasteiger partial charge in [0, 0.05) is 36.0 Å². The number of hydrogen-bond acceptors (Lipinski definition) is 8. The number of hydrogen-bond donors (Lipinski definition) is 0. The fraction of sp³-hybridized carbons (Fsp3) is 0.207. The molecule has 9 nitrogen and oxygen atoms in total. The third-order valence-corrected chi connectivity index (χ3v) is 8.01. The smallest absolute Gasteiger partial charge is 0.289 e. The first-order valence-corrected chi connectivity index (χ1v) is 13.5. The number of amides is 1. The maximum atomic E-state index is 13.1. The Labute approximate surface area is 227 Å². The molecule has 0 N–H and O–H groups in total. The van der Waals surface area contributed by atoms with Crippen molar-refractivity contribution in [2.24, 2.45) is 0 Å². The van der Waals surface area contributed by atoms with Gasteiger partial charge in [-0.15, -0.1) is 11.3 Å². The zero-order chi connectivity index (χ0) is 26.9. The molecule has 0 atom stereocenters. The number of carbonyl (C=O) groups excluding carboxylic acids is 1. The molecule has 0 unspecified atom stereocenters. The van der Waals surface area contributed by atoms with Gasteiger partial charge in [0.2, 0.25) is 0 Å². The van der Waals surface area contributed by atoms with E-state index in [2.05, 4.69) is 5.16 Å². The van der Waals surface area contributed by atoms with Crippen LogP contribution in [-0.2, 0) is 0 Å². The summed E-state index contributed by atoms with van der Waals surface area (Å²) in [6.45, 7) is 3.04. The molecule has 0 saturated carbocycles. The zero-order valence-electron chi connectivity index (χ0n) is 21.1. The van der Waals surface area contributed by atoms with Crippen LogP contribution < -0.4 is 0 Å². The van der Waals surface area contributed by atoms with Gasteiger partial charge in [-0.3, -0.25) is 14.9 Å². The number of nitro groups is 1. The Kier molecular flexibility index (Phi) is 6.54. The standard InChI is InChI=1S/C29H24N4O5S/c1-18-26(27(31-38-18)19-7-3-2-4-8-19)22-17-39-28(30-22)20-13-15-32(16-14-20)29(34)25-12-11-24(37-25)21-9-5-6-10-23(21)33(35)36/h2-12,17,20H,13-16H2,1H3. The number of piperidine rings is 1. The quantitative estimate of drug-likeness (QED) is 0.169. The van der Waals surface area contributed by atoms with Gasteiger partial charge >= 0.3 is 0 Å². The van der Waals surface area contributed by atoms with Gasteiger partial charge in [0.05, 0.1) is 26.8 Å². The summed E-state index contributed by atoms with van der Waals surface area (Å²) >= 11 is 1.62. The summed E-state index contributed by atoms with van der Waals surface area (Å²) < 4.78 is 11.3. The number of nitrogens with zero attached hydrogens (tertiary/aromatic N) is 4. The minimum Gasteiger partial charge on any atom is -0.451 e. The van der Waals surface area contributed by atoms with Gasteiger partial charge in [-0.05, 0) is 38.0 Å². The largest absolute Gasteiger partial charge is 0.451 e. The second-order valence-electron chi connectivity index (χ2n) is 9.40. The van der Waals surface area contributed by atoms with Crippen molar-refractivity contribution in [1.29, 1.82) is 0 Å². The fourth-order valence-corrected chi connectivity index (χ4v) is 5.96. The molecule has 5 aromatic rings. The van der Waals surface area contributed by atoms with Gasteiger partial charge in [0.1, 0.15) is 17.2 Å². The van der Waals surface area contributed by atoms with Gasteiger partial charge in [-0.25, -0.2) is 4.98 Å². The number of rotatable bonds is 6. The summed E-state index contributed by atoms with van der Waals surface area (Å²) in [5.74, 6) is 1.23. The molecule has 4 heterocycles. The monoisotopic (exact) mass is 540 g/mol. The van der Waals surface area contributed by atoms with Crippen molar-refractivity contribution in [3.63, 3.8) is 0 Å². The summed E-state index contributed by atoms with van der Waals surface area (Å²) in [5.41, 5.74) is 3.80. The van der Waals surface area contributed by atoms with Crippen molar-refractivity contribution in [3.8, 4) is 33.8 Å². The molecule has 1 fully saturated rings. The fourth-order valence-electron chi connectivity index (χ4n) is 4.98. The molecule has 0 radical (unpaired) electrons. The van der Waals surface area contributed by atoms with E-state index in [1.165, 1.54) is 6.07 Å². The lowest BCUT2D eigenvalue weighted by Gasteiger charge is -2.30. The van der Waals surface area contributed by atoms with Crippen molar-refractivity contribution >= 4 is 22.9 Å². The molecule has 10 heteroatoms. The van der Waals surface area contributed by atoms with E-state index in [-0.39, 0.29) is 23.3 Å². The van der Waals surface area contributed by atoms with Crippen LogP contribution in [0.5, 0.6) is 0 Å². The minimum atomic E-state index is -0.457. The molecule has 0 bridgehead atoms. The summed E-state index contributed by atoms with van der Waals surface area (Å²) in [4.78, 5) is 30.8. The Morgan fingerprint density at radius 2 is 1.79 bits per heavy atom. The van der Waals surface area contributed by atoms with E-state index in [9.17, 15) is 14.9 Å². The Morgan fingerprint density at radius 1 is 1.05 bits per heavy atom. The zero-order valence-corrected chi connectivity index (χ0v) is 21.9. The summed E-state index contributed by atoms with van der Waals surface area (Å²) in [6, 6.07) is 19.4. The van der Waals surface area contributed by atoms with Gasteiger partial charge in [0.15, 0.2) is 5.76 Å². The molecule has 1 aliphatic rings. The van der Waals surface area contributed by atoms with E-state index in [1.54, 1.807) is 46.6 Å². The Morgan fingerprint density at radius 3 is 2.56 bits per heavy atom. The van der Waals surface area contributed by atoms with Crippen LogP contribution in [0.2, 0.25) is 0 Å². The number of carbonyl (C=O) groups is 1. The third kappa shape index (κ3) is 4.74. The van der Waals surface area contributed by atoms with Crippen molar-refractivity contribution in [3.05, 3.63) is 98.8 Å². The van der Waals surface area contributed by atoms with Crippen LogP contribution in [0.1, 0.15) is 40.1 Å². The van der Waals surface area contributed by atoms with Gasteiger partial charge in [-0.1, -0.05) is 47.6 Å². The van der Waals surface area contributed by atoms with Crippen molar-refractivity contribution in [1.82, 2.24) is 15.0 Å². The predicted octanol–water partition coefficient (Wildman–Crippen LogP) is 6.96. The molecule has 1 saturated heterocycles. The van der Waals surface area contributed by atoms with E-state index < -0.39 is 4.92 Å². The van der Waals surface area contributed by atoms with Crippen LogP contribution in [0.3, 0.4) is 0 Å². The van der Waals surface area contributed by atoms with E-state index in [0.29, 0.717) is 24.4 Å². The molecule has 2 aromatic carbocycles. The minimum absolute atomic E-state index is 0.0632. The normalized spacial score (nSPS) is 14.0. The number of benzene rings is 2. The molecule has 0 spiro atoms. The molecule has 1 aliphatic heterocycles. The first-order chi connectivity index (χ1) is 19.0. The second-order valence-corrected chi connectivity index (χ2v) is 10.3. The SMILES string of the molecule is Cc1onc(-c2ccccc2)c1-c1csc(C2CCN(C(=O)c3ccc(-c4ccccc4[N+](=O)[O-])o3)CC2)n1. The summed E-state index contributed by atoms with van der Waals surface area (Å²) in [5, 5.41) is 18.7. The molecular formula is C29H24N4O5S. The molecule has 196 valence electrons. The number of aromatic nitrogens is 2. The Hall–Kier alpha value is -4.57. The third-order valence-electron chi connectivity index (χ3n) is 7.00. The van der Waals surface area contributed by atoms with E-state index in [4.69, 9.17) is 13.9 Å². The van der Waals surface area contributed by atoms with E-state index in [1.807, 2.05) is 42.6 Å². The lowest BCUT2D eigenvalue weighted by molar-refractivity contribution is -0.384. The van der Waals surface area contributed by atoms with Crippen molar-refractivity contribution in [2.75, 3.05) is 13.1 Å². The maximum Gasteiger partial charge on any atom is 0.289 e. The lowest BCUT2D eigenvalue weighted by atomic mass is 9.97. The molecule has 0 aliphatic carbocycles. The van der Waals surface area contributed by atoms with E-state index in [0.717, 1.165) is 46.1 Å². The Bertz CT molecular complexity index is 1650. The van der Waals surface area contributed by atoms with Crippen molar-refractivity contribution in [2.45, 2.75) is 25.7 Å². The van der Waals surface area contributed by atoms with Crippen LogP contribution in [0, 0.1) is 17.0 Å². The highest BCUT2D eigenvalue weighted by molar-refractivity contribution is 7.10. The lowest BCUT2D eigenvalue weighted by Crippen LogP contribution is -2.37. The highest BCUT2D eigenvalue weighted by atomic mass is 32.1. The number of aryl methyl sites for hydroxylation is 1.